The third kappa shape index (κ3) is 2.43. The van der Waals surface area contributed by atoms with Crippen LogP contribution in [0.1, 0.15) is 11.3 Å². The number of nitrogens with zero attached hydrogens (tertiary/aromatic N) is 7. The molecule has 10 nitrogen and oxygen atoms in total. The maximum absolute atomic E-state index is 10.4. The molecule has 0 saturated carbocycles. The van der Waals surface area contributed by atoms with Crippen LogP contribution in [0, 0.1) is 0 Å². The first-order valence-electron chi connectivity index (χ1n) is 6.20. The van der Waals surface area contributed by atoms with E-state index in [1.165, 1.54) is 4.63 Å². The van der Waals surface area contributed by atoms with Gasteiger partial charge in [-0.25, -0.2) is 4.98 Å². The summed E-state index contributed by atoms with van der Waals surface area (Å²) in [6.07, 6.45) is 0. The number of tetrazole rings is 1. The second-order valence-electron chi connectivity index (χ2n) is 4.41. The van der Waals surface area contributed by atoms with Gasteiger partial charge >= 0.3 is 18.9 Å². The third-order valence-electron chi connectivity index (χ3n) is 3.07. The Bertz CT molecular complexity index is 939. The maximum Gasteiger partial charge on any atom is 1.00 e. The minimum absolute atomic E-state index is 0. The van der Waals surface area contributed by atoms with Gasteiger partial charge < -0.3 is 14.7 Å². The summed E-state index contributed by atoms with van der Waals surface area (Å²) in [5.41, 5.74) is 2.88. The van der Waals surface area contributed by atoms with E-state index in [2.05, 4.69) is 30.8 Å². The number of aliphatic carboxylic acids is 1. The number of hydrogen-bond donors (Lipinski definition) is 0. The molecular weight excluding hydrogens is 297 g/mol. The number of oxime groups is 1. The Hall–Kier alpha value is -2.83. The monoisotopic (exact) mass is 303 g/mol. The molecule has 11 heteroatoms. The molecule has 1 aromatic carbocycles. The minimum Gasteiger partial charge on any atom is -0.546 e. The van der Waals surface area contributed by atoms with Crippen LogP contribution in [0.3, 0.4) is 0 Å². The van der Waals surface area contributed by atoms with Crippen LogP contribution in [-0.2, 0) is 9.63 Å². The van der Waals surface area contributed by atoms with E-state index in [4.69, 9.17) is 4.84 Å². The quantitative estimate of drug-likeness (QED) is 0.273. The van der Waals surface area contributed by atoms with Gasteiger partial charge in [-0.1, -0.05) is 39.1 Å². The van der Waals surface area contributed by atoms with Gasteiger partial charge in [0.05, 0.1) is 5.97 Å². The molecule has 2 aromatic heterocycles. The van der Waals surface area contributed by atoms with Crippen LogP contribution in [-0.4, -0.2) is 48.5 Å². The smallest absolute Gasteiger partial charge is 0.546 e. The fourth-order valence-corrected chi connectivity index (χ4v) is 2.22. The summed E-state index contributed by atoms with van der Waals surface area (Å²) in [4.78, 5) is 19.5. The standard InChI is InChI=1S/C12H7N7O3.Li/c20-8(21)5-22-16-10-7-4-2-1-3-6(7)9-11(10)13-12-14-17-18-19(12)15-9;/h1-4H,5H2,(H,20,21);/q;+1/p-1/b16-10+;. The summed E-state index contributed by atoms with van der Waals surface area (Å²) in [5.74, 6) is -1.15. The Morgan fingerprint density at radius 3 is 2.83 bits per heavy atom. The Morgan fingerprint density at radius 1 is 1.26 bits per heavy atom. The number of carbonyl (C=O) groups is 1. The number of hydrogen-bond acceptors (Lipinski definition) is 9. The van der Waals surface area contributed by atoms with Crippen LogP contribution in [0.25, 0.3) is 17.0 Å². The predicted octanol–water partition coefficient (Wildman–Crippen LogP) is -4.58. The number of rotatable bonds is 3. The molecule has 4 rings (SSSR count). The summed E-state index contributed by atoms with van der Waals surface area (Å²) in [5, 5.41) is 29.5. The first-order chi connectivity index (χ1) is 10.7. The molecule has 0 fully saturated rings. The largest absolute Gasteiger partial charge is 1.00 e. The second-order valence-corrected chi connectivity index (χ2v) is 4.41. The summed E-state index contributed by atoms with van der Waals surface area (Å²) in [6, 6.07) is 7.33. The minimum atomic E-state index is -1.36. The van der Waals surface area contributed by atoms with Crippen LogP contribution in [0.15, 0.2) is 29.4 Å². The molecule has 0 radical (unpaired) electrons. The van der Waals surface area contributed by atoms with Crippen molar-refractivity contribution in [3.05, 3.63) is 35.5 Å². The van der Waals surface area contributed by atoms with E-state index in [-0.39, 0.29) is 24.6 Å². The van der Waals surface area contributed by atoms with E-state index in [0.717, 1.165) is 11.1 Å². The Morgan fingerprint density at radius 2 is 2.04 bits per heavy atom. The van der Waals surface area contributed by atoms with Gasteiger partial charge in [0.15, 0.2) is 6.61 Å². The average molecular weight is 303 g/mol. The van der Waals surface area contributed by atoms with E-state index in [1.54, 1.807) is 0 Å². The summed E-state index contributed by atoms with van der Waals surface area (Å²) < 4.78 is 1.21. The molecule has 0 unspecified atom stereocenters. The summed E-state index contributed by atoms with van der Waals surface area (Å²) in [7, 11) is 0. The van der Waals surface area contributed by atoms with Gasteiger partial charge in [-0.15, -0.1) is 5.10 Å². The fourth-order valence-electron chi connectivity index (χ4n) is 2.22. The van der Waals surface area contributed by atoms with Gasteiger partial charge in [0.2, 0.25) is 0 Å². The Balaban J connectivity index is 0.00000156. The molecule has 1 aliphatic rings. The number of carbonyl (C=O) groups excluding carboxylic acids is 1. The van der Waals surface area contributed by atoms with Crippen molar-refractivity contribution in [1.82, 2.24) is 30.2 Å². The Labute approximate surface area is 140 Å². The number of carboxylic acid groups (broad SMARTS) is 1. The number of benzene rings is 1. The zero-order valence-electron chi connectivity index (χ0n) is 11.9. The van der Waals surface area contributed by atoms with Gasteiger partial charge in [-0.2, -0.15) is 0 Å². The Kier molecular flexibility index (Phi) is 3.77. The number of carboxylic acids is 1. The van der Waals surface area contributed by atoms with Gasteiger partial charge in [0.25, 0.3) is 5.78 Å². The van der Waals surface area contributed by atoms with E-state index >= 15 is 0 Å². The van der Waals surface area contributed by atoms with Gasteiger partial charge in [-0.3, -0.25) is 0 Å². The number of fused-ring (bicyclic) bond motifs is 4. The van der Waals surface area contributed by atoms with Gasteiger partial charge in [0, 0.05) is 11.1 Å². The molecule has 0 aliphatic heterocycles. The van der Waals surface area contributed by atoms with Crippen molar-refractivity contribution in [3.8, 4) is 11.3 Å². The maximum atomic E-state index is 10.4. The van der Waals surface area contributed by atoms with E-state index < -0.39 is 12.6 Å². The van der Waals surface area contributed by atoms with Crippen molar-refractivity contribution in [2.24, 2.45) is 5.16 Å². The molecule has 0 saturated heterocycles. The summed E-state index contributed by atoms with van der Waals surface area (Å²) >= 11 is 0. The molecule has 0 atom stereocenters. The third-order valence-corrected chi connectivity index (χ3v) is 3.07. The van der Waals surface area contributed by atoms with Crippen LogP contribution in [0.5, 0.6) is 0 Å². The van der Waals surface area contributed by atoms with E-state index in [1.807, 2.05) is 24.3 Å². The van der Waals surface area contributed by atoms with Crippen molar-refractivity contribution >= 4 is 17.5 Å². The second kappa shape index (κ2) is 5.75. The van der Waals surface area contributed by atoms with E-state index in [0.29, 0.717) is 17.1 Å². The molecule has 3 aromatic rings. The molecule has 0 amide bonds. The molecule has 23 heavy (non-hydrogen) atoms. The molecular formula is C12H6LiN7O3. The van der Waals surface area contributed by atoms with Crippen LogP contribution in [0.4, 0.5) is 0 Å². The zero-order chi connectivity index (χ0) is 15.1. The van der Waals surface area contributed by atoms with Crippen LogP contribution in [0.2, 0.25) is 0 Å². The van der Waals surface area contributed by atoms with Crippen molar-refractivity contribution in [2.45, 2.75) is 0 Å². The molecule has 0 bridgehead atoms. The van der Waals surface area contributed by atoms with Crippen molar-refractivity contribution < 1.29 is 33.6 Å². The van der Waals surface area contributed by atoms with Crippen LogP contribution < -0.4 is 24.0 Å². The topological polar surface area (TPSA) is 131 Å². The molecule has 108 valence electrons. The van der Waals surface area contributed by atoms with Crippen molar-refractivity contribution in [1.29, 1.82) is 0 Å². The number of aromatic nitrogens is 6. The van der Waals surface area contributed by atoms with Crippen molar-refractivity contribution in [2.75, 3.05) is 6.61 Å². The first-order valence-corrected chi connectivity index (χ1v) is 6.20. The molecule has 0 N–H and O–H groups in total. The van der Waals surface area contributed by atoms with Gasteiger partial charge in [-0.05, 0) is 10.4 Å². The molecule has 0 spiro atoms. The fraction of sp³-hybridized carbons (Fsp3) is 0.0833. The SMILES string of the molecule is O=C([O-])CO/N=C1\c2ccccc2-c2nn3nnnc3nc21.[Li+]. The van der Waals surface area contributed by atoms with E-state index in [9.17, 15) is 9.90 Å². The molecule has 2 heterocycles. The summed E-state index contributed by atoms with van der Waals surface area (Å²) in [6.45, 7) is -0.650. The van der Waals surface area contributed by atoms with Crippen molar-refractivity contribution in [3.63, 3.8) is 0 Å². The van der Waals surface area contributed by atoms with Crippen LogP contribution >= 0.6 is 0 Å². The van der Waals surface area contributed by atoms with Gasteiger partial charge in [0.1, 0.15) is 17.1 Å². The predicted molar refractivity (Wildman–Crippen MR) is 68.4 cm³/mol. The average Bonchev–Trinajstić information content (AvgIpc) is 3.08. The molecule has 1 aliphatic carbocycles. The zero-order valence-corrected chi connectivity index (χ0v) is 11.9. The first kappa shape index (κ1) is 15.1. The normalized spacial score (nSPS) is 13.5.